The molecule has 21 heavy (non-hydrogen) atoms. The van der Waals surface area contributed by atoms with Crippen molar-refractivity contribution in [1.82, 2.24) is 20.3 Å². The molecule has 3 rings (SSSR count). The van der Waals surface area contributed by atoms with Gasteiger partial charge in [0.25, 0.3) is 0 Å². The van der Waals surface area contributed by atoms with Gasteiger partial charge in [-0.05, 0) is 23.9 Å². The smallest absolute Gasteiger partial charge is 0.320 e. The Bertz CT molecular complexity index is 638. The molecule has 2 amide bonds. The summed E-state index contributed by atoms with van der Waals surface area (Å²) in [5, 5.41) is 15.2. The van der Waals surface area contributed by atoms with Crippen molar-refractivity contribution in [3.8, 4) is 0 Å². The Balaban J connectivity index is 1.62. The first-order chi connectivity index (χ1) is 10.1. The van der Waals surface area contributed by atoms with E-state index in [1.165, 1.54) is 15.1 Å². The molecule has 0 saturated heterocycles. The molecule has 0 spiro atoms. The predicted molar refractivity (Wildman–Crippen MR) is 79.3 cm³/mol. The number of carbonyl (C=O) groups excluding carboxylic acids is 1. The van der Waals surface area contributed by atoms with Crippen LogP contribution in [0.4, 0.5) is 10.6 Å². The zero-order chi connectivity index (χ0) is 14.8. The Labute approximate surface area is 126 Å². The van der Waals surface area contributed by atoms with Gasteiger partial charge in [0.2, 0.25) is 0 Å². The number of nitrogens with one attached hydrogen (secondary N) is 2. The minimum Gasteiger partial charge on any atom is -0.371 e. The molecule has 0 saturated carbocycles. The summed E-state index contributed by atoms with van der Waals surface area (Å²) in [6, 6.07) is 1.63. The average Bonchev–Trinajstić information content (AvgIpc) is 3.06. The Hall–Kier alpha value is -1.93. The van der Waals surface area contributed by atoms with Gasteiger partial charge in [-0.15, -0.1) is 16.4 Å². The molecule has 8 heteroatoms. The van der Waals surface area contributed by atoms with Crippen LogP contribution in [0.2, 0.25) is 0 Å². The first-order valence-corrected chi connectivity index (χ1v) is 7.63. The number of amides is 2. The maximum absolute atomic E-state index is 12.0. The fourth-order valence-corrected chi connectivity index (χ4v) is 3.33. The lowest BCUT2D eigenvalue weighted by atomic mass is 10.0. The lowest BCUT2D eigenvalue weighted by molar-refractivity contribution is 0.0238. The molecule has 0 aromatic carbocycles. The van der Waals surface area contributed by atoms with Crippen LogP contribution in [-0.2, 0) is 18.2 Å². The molecule has 3 heterocycles. The van der Waals surface area contributed by atoms with Gasteiger partial charge in [-0.25, -0.2) is 4.79 Å². The van der Waals surface area contributed by atoms with Gasteiger partial charge in [0.05, 0.1) is 18.8 Å². The van der Waals surface area contributed by atoms with Crippen LogP contribution >= 0.6 is 11.3 Å². The second-order valence-electron chi connectivity index (χ2n) is 5.01. The number of anilines is 1. The third kappa shape index (κ3) is 3.06. The topological polar surface area (TPSA) is 81.1 Å². The molecule has 2 N–H and O–H groups in total. The summed E-state index contributed by atoms with van der Waals surface area (Å²) in [5.41, 5.74) is 1.18. The van der Waals surface area contributed by atoms with Crippen molar-refractivity contribution >= 4 is 23.2 Å². The van der Waals surface area contributed by atoms with Gasteiger partial charge < -0.3 is 10.1 Å². The monoisotopic (exact) mass is 307 g/mol. The van der Waals surface area contributed by atoms with E-state index in [-0.39, 0.29) is 18.2 Å². The summed E-state index contributed by atoms with van der Waals surface area (Å²) >= 11 is 1.74. The molecule has 0 fully saturated rings. The highest BCUT2D eigenvalue weighted by molar-refractivity contribution is 7.10. The van der Waals surface area contributed by atoms with Crippen molar-refractivity contribution in [2.75, 3.05) is 11.9 Å². The highest BCUT2D eigenvalue weighted by atomic mass is 32.1. The molecular weight excluding hydrogens is 290 g/mol. The number of carbonyl (C=O) groups is 1. The van der Waals surface area contributed by atoms with Crippen LogP contribution in [0.1, 0.15) is 23.5 Å². The number of hydrogen-bond acceptors (Lipinski definition) is 5. The van der Waals surface area contributed by atoms with Crippen LogP contribution in [0.3, 0.4) is 0 Å². The van der Waals surface area contributed by atoms with Gasteiger partial charge in [-0.2, -0.15) is 0 Å². The van der Waals surface area contributed by atoms with Gasteiger partial charge in [0, 0.05) is 18.3 Å². The third-order valence-electron chi connectivity index (χ3n) is 3.37. The molecule has 2 aromatic heterocycles. The van der Waals surface area contributed by atoms with Crippen molar-refractivity contribution < 1.29 is 9.53 Å². The van der Waals surface area contributed by atoms with Gasteiger partial charge >= 0.3 is 6.03 Å². The minimum absolute atomic E-state index is 0.104. The average molecular weight is 307 g/mol. The van der Waals surface area contributed by atoms with Crippen LogP contribution in [-0.4, -0.2) is 33.7 Å². The molecular formula is C13H17N5O2S. The van der Waals surface area contributed by atoms with E-state index in [2.05, 4.69) is 32.4 Å². The zero-order valence-corrected chi connectivity index (χ0v) is 12.7. The molecule has 0 unspecified atom stereocenters. The van der Waals surface area contributed by atoms with E-state index in [1.54, 1.807) is 24.6 Å². The number of urea groups is 1. The summed E-state index contributed by atoms with van der Waals surface area (Å²) in [7, 11) is 1.74. The molecule has 2 atom stereocenters. The van der Waals surface area contributed by atoms with E-state index in [1.807, 2.05) is 6.92 Å². The lowest BCUT2D eigenvalue weighted by Crippen LogP contribution is -2.41. The fraction of sp³-hybridized carbons (Fsp3) is 0.462. The second kappa shape index (κ2) is 5.82. The summed E-state index contributed by atoms with van der Waals surface area (Å²) < 4.78 is 7.34. The number of fused-ring (bicyclic) bond motifs is 1. The number of thiophene rings is 1. The van der Waals surface area contributed by atoms with Crippen LogP contribution < -0.4 is 10.6 Å². The summed E-state index contributed by atoms with van der Waals surface area (Å²) in [5.74, 6) is 0.419. The standard InChI is InChI=1S/C13H17N5O2S/c1-8(12-9-4-6-21-10(9)3-5-20-12)14-13(19)15-11-7-18(2)17-16-11/h4,6-8,12H,3,5H2,1-2H3,(H2,14,15,19)/t8-,12-/m0/s1. The molecule has 0 radical (unpaired) electrons. The van der Waals surface area contributed by atoms with E-state index in [0.717, 1.165) is 6.42 Å². The number of aromatic nitrogens is 3. The SMILES string of the molecule is C[C@H](NC(=O)Nc1cn(C)nn1)[C@@H]1OCCc2sccc21. The highest BCUT2D eigenvalue weighted by Crippen LogP contribution is 2.33. The first kappa shape index (κ1) is 14.0. The minimum atomic E-state index is -0.311. The van der Waals surface area contributed by atoms with E-state index >= 15 is 0 Å². The van der Waals surface area contributed by atoms with Crippen molar-refractivity contribution in [3.05, 3.63) is 28.1 Å². The molecule has 7 nitrogen and oxygen atoms in total. The Morgan fingerprint density at radius 3 is 3.24 bits per heavy atom. The van der Waals surface area contributed by atoms with Crippen molar-refractivity contribution in [2.45, 2.75) is 25.5 Å². The van der Waals surface area contributed by atoms with E-state index in [0.29, 0.717) is 12.4 Å². The van der Waals surface area contributed by atoms with Crippen LogP contribution in [0.5, 0.6) is 0 Å². The lowest BCUT2D eigenvalue weighted by Gasteiger charge is -2.29. The van der Waals surface area contributed by atoms with E-state index < -0.39 is 0 Å². The van der Waals surface area contributed by atoms with Crippen LogP contribution in [0.15, 0.2) is 17.6 Å². The third-order valence-corrected chi connectivity index (χ3v) is 4.37. The molecule has 1 aliphatic heterocycles. The number of ether oxygens (including phenoxy) is 1. The molecule has 2 aromatic rings. The zero-order valence-electron chi connectivity index (χ0n) is 11.9. The Morgan fingerprint density at radius 1 is 1.62 bits per heavy atom. The summed E-state index contributed by atoms with van der Waals surface area (Å²) in [6.45, 7) is 2.63. The maximum Gasteiger partial charge on any atom is 0.320 e. The van der Waals surface area contributed by atoms with Gasteiger partial charge in [0.15, 0.2) is 5.82 Å². The van der Waals surface area contributed by atoms with Gasteiger partial charge in [-0.3, -0.25) is 10.00 Å². The quantitative estimate of drug-likeness (QED) is 0.904. The number of rotatable bonds is 3. The fourth-order valence-electron chi connectivity index (χ4n) is 2.43. The van der Waals surface area contributed by atoms with Crippen molar-refractivity contribution in [1.29, 1.82) is 0 Å². The largest absolute Gasteiger partial charge is 0.371 e. The molecule has 1 aliphatic rings. The summed E-state index contributed by atoms with van der Waals surface area (Å²) in [6.07, 6.45) is 2.48. The predicted octanol–water partition coefficient (Wildman–Crippen LogP) is 1.70. The van der Waals surface area contributed by atoms with Gasteiger partial charge in [-0.1, -0.05) is 5.21 Å². The molecule has 0 bridgehead atoms. The van der Waals surface area contributed by atoms with Crippen LogP contribution in [0.25, 0.3) is 0 Å². The number of hydrogen-bond donors (Lipinski definition) is 2. The first-order valence-electron chi connectivity index (χ1n) is 6.75. The van der Waals surface area contributed by atoms with Crippen molar-refractivity contribution in [3.63, 3.8) is 0 Å². The van der Waals surface area contributed by atoms with E-state index in [4.69, 9.17) is 4.74 Å². The molecule has 0 aliphatic carbocycles. The Morgan fingerprint density at radius 2 is 2.48 bits per heavy atom. The second-order valence-corrected chi connectivity index (χ2v) is 6.01. The summed E-state index contributed by atoms with van der Waals surface area (Å²) in [4.78, 5) is 13.3. The normalized spacial score (nSPS) is 18.9. The van der Waals surface area contributed by atoms with Crippen LogP contribution in [0, 0.1) is 0 Å². The highest BCUT2D eigenvalue weighted by Gasteiger charge is 2.28. The molecule has 112 valence electrons. The maximum atomic E-state index is 12.0. The number of aryl methyl sites for hydroxylation is 1. The van der Waals surface area contributed by atoms with E-state index in [9.17, 15) is 4.79 Å². The number of nitrogens with zero attached hydrogens (tertiary/aromatic N) is 3. The Kier molecular flexibility index (Phi) is 3.89. The van der Waals surface area contributed by atoms with Crippen molar-refractivity contribution in [2.24, 2.45) is 7.05 Å². The van der Waals surface area contributed by atoms with Gasteiger partial charge in [0.1, 0.15) is 6.10 Å².